The first-order chi connectivity index (χ1) is 12.3. The van der Waals surface area contributed by atoms with Gasteiger partial charge in [0.15, 0.2) is 6.54 Å². The molecule has 138 valence electrons. The number of quaternary nitrogens is 1. The van der Waals surface area contributed by atoms with Gasteiger partial charge >= 0.3 is 5.97 Å². The Labute approximate surface area is 155 Å². The number of esters is 1. The molecule has 1 unspecified atom stereocenters. The highest BCUT2D eigenvalue weighted by molar-refractivity contribution is 5.93. The molecule has 1 amide bonds. The minimum Gasteiger partial charge on any atom is -0.465 e. The van der Waals surface area contributed by atoms with Crippen LogP contribution in [0.4, 0.5) is 5.69 Å². The summed E-state index contributed by atoms with van der Waals surface area (Å²) < 4.78 is 4.75. The van der Waals surface area contributed by atoms with Crippen LogP contribution in [-0.4, -0.2) is 32.6 Å². The zero-order chi connectivity index (χ0) is 19.3. The molecular formula is C21H27N2O3+. The van der Waals surface area contributed by atoms with Crippen LogP contribution >= 0.6 is 0 Å². The van der Waals surface area contributed by atoms with E-state index < -0.39 is 0 Å². The minimum absolute atomic E-state index is 0.0262. The molecule has 5 nitrogen and oxygen atoms in total. The molecule has 26 heavy (non-hydrogen) atoms. The van der Waals surface area contributed by atoms with Gasteiger partial charge in [0.25, 0.3) is 5.91 Å². The molecule has 0 bridgehead atoms. The van der Waals surface area contributed by atoms with Gasteiger partial charge < -0.3 is 15.0 Å². The van der Waals surface area contributed by atoms with E-state index in [0.29, 0.717) is 18.7 Å². The molecule has 1 atom stereocenters. The van der Waals surface area contributed by atoms with Crippen molar-refractivity contribution in [1.29, 1.82) is 0 Å². The summed E-state index contributed by atoms with van der Waals surface area (Å²) in [6, 6.07) is 11.4. The van der Waals surface area contributed by atoms with Crippen molar-refractivity contribution in [2.24, 2.45) is 0 Å². The highest BCUT2D eigenvalue weighted by Crippen LogP contribution is 2.21. The van der Waals surface area contributed by atoms with Crippen molar-refractivity contribution < 1.29 is 19.2 Å². The summed E-state index contributed by atoms with van der Waals surface area (Å²) in [5, 5.41) is 3.03. The molecule has 0 aliphatic rings. The SMILES string of the molecule is COC(=O)c1cccc(C[NH+](C)CC(=O)Nc2c(C)cc(C)cc2C)c1. The Bertz CT molecular complexity index is 792. The second-order valence-electron chi connectivity index (χ2n) is 6.82. The normalized spacial score (nSPS) is 11.7. The smallest absolute Gasteiger partial charge is 0.337 e. The lowest BCUT2D eigenvalue weighted by atomic mass is 10.1. The van der Waals surface area contributed by atoms with Crippen molar-refractivity contribution in [3.8, 4) is 0 Å². The van der Waals surface area contributed by atoms with Gasteiger partial charge in [-0.3, -0.25) is 4.79 Å². The fraction of sp³-hybridized carbons (Fsp3) is 0.333. The lowest BCUT2D eigenvalue weighted by Crippen LogP contribution is -3.08. The van der Waals surface area contributed by atoms with Crippen molar-refractivity contribution in [3.05, 3.63) is 64.2 Å². The van der Waals surface area contributed by atoms with Gasteiger partial charge in [0.05, 0.1) is 19.7 Å². The number of aryl methyl sites for hydroxylation is 3. The highest BCUT2D eigenvalue weighted by Gasteiger charge is 2.14. The number of methoxy groups -OCH3 is 1. The standard InChI is InChI=1S/C21H26N2O3/c1-14-9-15(2)20(16(3)10-14)22-19(24)13-23(4)12-17-7-6-8-18(11-17)21(25)26-5/h6-11H,12-13H2,1-5H3,(H,22,24)/p+1. The van der Waals surface area contributed by atoms with Crippen LogP contribution in [0.15, 0.2) is 36.4 Å². The van der Waals surface area contributed by atoms with E-state index in [0.717, 1.165) is 27.3 Å². The van der Waals surface area contributed by atoms with Crippen LogP contribution in [0.1, 0.15) is 32.6 Å². The fourth-order valence-electron chi connectivity index (χ4n) is 3.17. The summed E-state index contributed by atoms with van der Waals surface area (Å²) in [7, 11) is 3.32. The third-order valence-corrected chi connectivity index (χ3v) is 4.26. The number of hydrogen-bond donors (Lipinski definition) is 2. The van der Waals surface area contributed by atoms with E-state index in [9.17, 15) is 9.59 Å². The van der Waals surface area contributed by atoms with Crippen molar-refractivity contribution in [3.63, 3.8) is 0 Å². The average molecular weight is 355 g/mol. The number of rotatable bonds is 6. The molecule has 0 fully saturated rings. The fourth-order valence-corrected chi connectivity index (χ4v) is 3.17. The van der Waals surface area contributed by atoms with Gasteiger partial charge in [-0.25, -0.2) is 4.79 Å². The Kier molecular flexibility index (Phi) is 6.52. The molecule has 0 heterocycles. The van der Waals surface area contributed by atoms with E-state index in [1.54, 1.807) is 6.07 Å². The zero-order valence-corrected chi connectivity index (χ0v) is 16.1. The van der Waals surface area contributed by atoms with E-state index >= 15 is 0 Å². The second-order valence-corrected chi connectivity index (χ2v) is 6.82. The minimum atomic E-state index is -0.354. The Morgan fingerprint density at radius 2 is 1.73 bits per heavy atom. The number of nitrogens with one attached hydrogen (secondary N) is 2. The predicted molar refractivity (Wildman–Crippen MR) is 103 cm³/mol. The van der Waals surface area contributed by atoms with Gasteiger partial charge in [-0.15, -0.1) is 0 Å². The number of anilines is 1. The first kappa shape index (κ1) is 19.7. The van der Waals surface area contributed by atoms with E-state index in [4.69, 9.17) is 4.74 Å². The number of likely N-dealkylation sites (N-methyl/N-ethyl adjacent to an activating group) is 1. The van der Waals surface area contributed by atoms with Gasteiger partial charge in [0.2, 0.25) is 0 Å². The van der Waals surface area contributed by atoms with Crippen molar-refractivity contribution >= 4 is 17.6 Å². The summed E-state index contributed by atoms with van der Waals surface area (Å²) >= 11 is 0. The van der Waals surface area contributed by atoms with Gasteiger partial charge in [-0.1, -0.05) is 29.8 Å². The molecule has 0 aliphatic heterocycles. The topological polar surface area (TPSA) is 59.8 Å². The van der Waals surface area contributed by atoms with Crippen LogP contribution in [0.5, 0.6) is 0 Å². The molecule has 0 spiro atoms. The molecule has 2 N–H and O–H groups in total. The number of carbonyl (C=O) groups is 2. The molecule has 2 aromatic rings. The maximum atomic E-state index is 12.4. The molecule has 2 aromatic carbocycles. The predicted octanol–water partition coefficient (Wildman–Crippen LogP) is 2.05. The van der Waals surface area contributed by atoms with Crippen molar-refractivity contribution in [1.82, 2.24) is 0 Å². The van der Waals surface area contributed by atoms with E-state index in [1.165, 1.54) is 12.7 Å². The van der Waals surface area contributed by atoms with E-state index in [1.807, 2.05) is 46.0 Å². The number of hydrogen-bond acceptors (Lipinski definition) is 3. The molecule has 0 aliphatic carbocycles. The monoisotopic (exact) mass is 355 g/mol. The van der Waals surface area contributed by atoms with Crippen LogP contribution in [0.3, 0.4) is 0 Å². The Balaban J connectivity index is 1.99. The van der Waals surface area contributed by atoms with E-state index in [2.05, 4.69) is 17.4 Å². The summed E-state index contributed by atoms with van der Waals surface area (Å²) in [6.07, 6.45) is 0. The van der Waals surface area contributed by atoms with Crippen LogP contribution in [0.25, 0.3) is 0 Å². The van der Waals surface area contributed by atoms with E-state index in [-0.39, 0.29) is 11.9 Å². The van der Waals surface area contributed by atoms with Crippen molar-refractivity contribution in [2.45, 2.75) is 27.3 Å². The first-order valence-corrected chi connectivity index (χ1v) is 8.66. The summed E-state index contributed by atoms with van der Waals surface area (Å²) in [4.78, 5) is 25.1. The number of benzene rings is 2. The lowest BCUT2D eigenvalue weighted by Gasteiger charge is -2.16. The number of ether oxygens (including phenoxy) is 1. The maximum Gasteiger partial charge on any atom is 0.337 e. The van der Waals surface area contributed by atoms with Crippen molar-refractivity contribution in [2.75, 3.05) is 26.0 Å². The Hall–Kier alpha value is -2.66. The number of amides is 1. The third-order valence-electron chi connectivity index (χ3n) is 4.26. The van der Waals surface area contributed by atoms with Crippen LogP contribution < -0.4 is 10.2 Å². The Morgan fingerprint density at radius 1 is 1.08 bits per heavy atom. The average Bonchev–Trinajstić information content (AvgIpc) is 2.57. The molecule has 0 radical (unpaired) electrons. The van der Waals surface area contributed by atoms with Crippen LogP contribution in [0.2, 0.25) is 0 Å². The Morgan fingerprint density at radius 3 is 2.35 bits per heavy atom. The third kappa shape index (κ3) is 5.17. The summed E-state index contributed by atoms with van der Waals surface area (Å²) in [6.45, 7) is 7.04. The van der Waals surface area contributed by atoms with Crippen LogP contribution in [0, 0.1) is 20.8 Å². The van der Waals surface area contributed by atoms with Crippen LogP contribution in [-0.2, 0) is 16.1 Å². The highest BCUT2D eigenvalue weighted by atomic mass is 16.5. The number of carbonyl (C=O) groups excluding carboxylic acids is 2. The second kappa shape index (κ2) is 8.63. The molecular weight excluding hydrogens is 328 g/mol. The first-order valence-electron chi connectivity index (χ1n) is 8.66. The van der Waals surface area contributed by atoms with Gasteiger partial charge in [0, 0.05) is 11.3 Å². The van der Waals surface area contributed by atoms with Gasteiger partial charge in [-0.2, -0.15) is 0 Å². The lowest BCUT2D eigenvalue weighted by molar-refractivity contribution is -0.885. The summed E-state index contributed by atoms with van der Waals surface area (Å²) in [5.74, 6) is -0.380. The van der Waals surface area contributed by atoms with Gasteiger partial charge in [0.1, 0.15) is 6.54 Å². The maximum absolute atomic E-state index is 12.4. The molecule has 0 saturated heterocycles. The largest absolute Gasteiger partial charge is 0.465 e. The quantitative estimate of drug-likeness (QED) is 0.780. The molecule has 2 rings (SSSR count). The molecule has 0 saturated carbocycles. The zero-order valence-electron chi connectivity index (χ0n) is 16.1. The molecule has 5 heteroatoms. The van der Waals surface area contributed by atoms with Gasteiger partial charge in [-0.05, 0) is 44.0 Å². The molecule has 0 aromatic heterocycles. The summed E-state index contributed by atoms with van der Waals surface area (Å²) in [5.41, 5.74) is 5.72.